The van der Waals surface area contributed by atoms with Gasteiger partial charge in [-0.2, -0.15) is 5.10 Å². The number of aryl methyl sites for hydroxylation is 3. The Morgan fingerprint density at radius 2 is 2.20 bits per heavy atom. The summed E-state index contributed by atoms with van der Waals surface area (Å²) < 4.78 is 13.9. The number of hydrogen-bond donors (Lipinski definition) is 1. The zero-order valence-electron chi connectivity index (χ0n) is 11.4. The van der Waals surface area contributed by atoms with Crippen molar-refractivity contribution in [1.29, 1.82) is 0 Å². The van der Waals surface area contributed by atoms with Crippen molar-refractivity contribution in [2.75, 3.05) is 5.75 Å². The number of rotatable bonds is 5. The summed E-state index contributed by atoms with van der Waals surface area (Å²) in [4.78, 5) is 11.6. The van der Waals surface area contributed by atoms with E-state index in [1.54, 1.807) is 29.9 Å². The first-order chi connectivity index (χ1) is 9.47. The molecule has 0 saturated heterocycles. The molecule has 2 rings (SSSR count). The van der Waals surface area contributed by atoms with Gasteiger partial charge in [-0.3, -0.25) is 8.89 Å². The summed E-state index contributed by atoms with van der Waals surface area (Å²) in [5.41, 5.74) is 1.90. The molecule has 1 heterocycles. The van der Waals surface area contributed by atoms with E-state index in [2.05, 4.69) is 5.10 Å². The van der Waals surface area contributed by atoms with Crippen LogP contribution in [0.3, 0.4) is 0 Å². The molecular weight excluding hydrogens is 276 g/mol. The standard InChI is InChI=1S/C14H16N2O3S/c1-10-3-4-12(7-13(10)14(17)18)20(19)6-5-11-8-15-16(2)9-11/h3-4,7-9H,5-6H2,1-2H3,(H,17,18). The molecular formula is C14H16N2O3S. The van der Waals surface area contributed by atoms with Gasteiger partial charge in [0.25, 0.3) is 0 Å². The summed E-state index contributed by atoms with van der Waals surface area (Å²) in [6, 6.07) is 4.92. The molecule has 6 heteroatoms. The van der Waals surface area contributed by atoms with E-state index in [-0.39, 0.29) is 5.56 Å². The van der Waals surface area contributed by atoms with E-state index in [9.17, 15) is 9.00 Å². The topological polar surface area (TPSA) is 72.2 Å². The Kier molecular flexibility index (Phi) is 4.34. The van der Waals surface area contributed by atoms with Gasteiger partial charge < -0.3 is 5.11 Å². The minimum Gasteiger partial charge on any atom is -0.478 e. The van der Waals surface area contributed by atoms with Gasteiger partial charge in [-0.15, -0.1) is 0 Å². The van der Waals surface area contributed by atoms with Crippen LogP contribution < -0.4 is 0 Å². The molecule has 1 N–H and O–H groups in total. The fraction of sp³-hybridized carbons (Fsp3) is 0.286. The SMILES string of the molecule is Cc1ccc(S(=O)CCc2cnn(C)c2)cc1C(=O)O. The Morgan fingerprint density at radius 3 is 2.80 bits per heavy atom. The smallest absolute Gasteiger partial charge is 0.335 e. The normalized spacial score (nSPS) is 12.3. The van der Waals surface area contributed by atoms with Crippen LogP contribution in [0.5, 0.6) is 0 Å². The van der Waals surface area contributed by atoms with Crippen molar-refractivity contribution in [2.45, 2.75) is 18.2 Å². The molecule has 0 fully saturated rings. The fourth-order valence-corrected chi connectivity index (χ4v) is 3.03. The van der Waals surface area contributed by atoms with E-state index in [1.807, 2.05) is 13.2 Å². The van der Waals surface area contributed by atoms with Crippen LogP contribution >= 0.6 is 0 Å². The maximum Gasteiger partial charge on any atom is 0.335 e. The third-order valence-corrected chi connectivity index (χ3v) is 4.39. The highest BCUT2D eigenvalue weighted by Gasteiger charge is 2.11. The average Bonchev–Trinajstić information content (AvgIpc) is 2.82. The molecule has 0 aliphatic rings. The predicted octanol–water partition coefficient (Wildman–Crippen LogP) is 1.78. The van der Waals surface area contributed by atoms with Gasteiger partial charge in [0.2, 0.25) is 0 Å². The van der Waals surface area contributed by atoms with Gasteiger partial charge in [0.1, 0.15) is 0 Å². The number of carbonyl (C=O) groups is 1. The molecule has 0 amide bonds. The molecule has 1 atom stereocenters. The van der Waals surface area contributed by atoms with Crippen LogP contribution in [0.1, 0.15) is 21.5 Å². The van der Waals surface area contributed by atoms with Gasteiger partial charge in [0, 0.05) is 23.9 Å². The molecule has 1 unspecified atom stereocenters. The second-order valence-electron chi connectivity index (χ2n) is 4.60. The molecule has 1 aromatic heterocycles. The van der Waals surface area contributed by atoms with Crippen LogP contribution in [0.15, 0.2) is 35.5 Å². The third-order valence-electron chi connectivity index (χ3n) is 3.04. The Hall–Kier alpha value is -1.95. The first-order valence-corrected chi connectivity index (χ1v) is 7.49. The summed E-state index contributed by atoms with van der Waals surface area (Å²) in [5.74, 6) is -0.540. The number of carboxylic acid groups (broad SMARTS) is 1. The van der Waals surface area contributed by atoms with Crippen molar-refractivity contribution in [2.24, 2.45) is 7.05 Å². The van der Waals surface area contributed by atoms with Gasteiger partial charge >= 0.3 is 5.97 Å². The highest BCUT2D eigenvalue weighted by atomic mass is 32.2. The summed E-state index contributed by atoms with van der Waals surface area (Å²) in [5, 5.41) is 13.1. The van der Waals surface area contributed by atoms with Gasteiger partial charge in [-0.05, 0) is 36.6 Å². The lowest BCUT2D eigenvalue weighted by atomic mass is 10.1. The first kappa shape index (κ1) is 14.5. The lowest BCUT2D eigenvalue weighted by Gasteiger charge is -2.05. The average molecular weight is 292 g/mol. The van der Waals surface area contributed by atoms with Gasteiger partial charge in [0.15, 0.2) is 0 Å². The van der Waals surface area contributed by atoms with E-state index in [0.717, 1.165) is 5.56 Å². The van der Waals surface area contributed by atoms with Crippen LogP contribution in [0.4, 0.5) is 0 Å². The van der Waals surface area contributed by atoms with E-state index < -0.39 is 16.8 Å². The van der Waals surface area contributed by atoms with Gasteiger partial charge in [0.05, 0.1) is 22.6 Å². The molecule has 1 aromatic carbocycles. The van der Waals surface area contributed by atoms with E-state index in [1.165, 1.54) is 6.07 Å². The quantitative estimate of drug-likeness (QED) is 0.911. The Bertz CT molecular complexity index is 664. The number of nitrogens with zero attached hydrogens (tertiary/aromatic N) is 2. The Morgan fingerprint density at radius 1 is 1.45 bits per heavy atom. The molecule has 0 spiro atoms. The van der Waals surface area contributed by atoms with Crippen LogP contribution in [0.2, 0.25) is 0 Å². The van der Waals surface area contributed by atoms with Gasteiger partial charge in [-0.1, -0.05) is 6.07 Å². The number of aromatic nitrogens is 2. The second-order valence-corrected chi connectivity index (χ2v) is 6.17. The Balaban J connectivity index is 2.09. The first-order valence-electron chi connectivity index (χ1n) is 6.17. The molecule has 0 aliphatic carbocycles. The maximum absolute atomic E-state index is 12.2. The third kappa shape index (κ3) is 3.33. The molecule has 106 valence electrons. The molecule has 0 aliphatic heterocycles. The molecule has 0 bridgehead atoms. The highest BCUT2D eigenvalue weighted by Crippen LogP contribution is 2.15. The zero-order chi connectivity index (χ0) is 14.7. The summed E-state index contributed by atoms with van der Waals surface area (Å²) in [6.07, 6.45) is 4.28. The van der Waals surface area contributed by atoms with Crippen LogP contribution in [-0.4, -0.2) is 30.8 Å². The second kappa shape index (κ2) is 6.00. The van der Waals surface area contributed by atoms with Crippen molar-refractivity contribution >= 4 is 16.8 Å². The maximum atomic E-state index is 12.2. The van der Waals surface area contributed by atoms with Gasteiger partial charge in [-0.25, -0.2) is 4.79 Å². The monoisotopic (exact) mass is 292 g/mol. The number of hydrogen-bond acceptors (Lipinski definition) is 3. The lowest BCUT2D eigenvalue weighted by molar-refractivity contribution is 0.0696. The number of benzene rings is 1. The predicted molar refractivity (Wildman–Crippen MR) is 76.3 cm³/mol. The minimum atomic E-state index is -1.21. The van der Waals surface area contributed by atoms with E-state index in [0.29, 0.717) is 22.6 Å². The van der Waals surface area contributed by atoms with Crippen LogP contribution in [0, 0.1) is 6.92 Å². The molecule has 2 aromatic rings. The minimum absolute atomic E-state index is 0.206. The highest BCUT2D eigenvalue weighted by molar-refractivity contribution is 7.85. The summed E-state index contributed by atoms with van der Waals surface area (Å²) >= 11 is 0. The molecule has 5 nitrogen and oxygen atoms in total. The summed E-state index contributed by atoms with van der Waals surface area (Å²) in [7, 11) is 0.623. The van der Waals surface area contributed by atoms with E-state index >= 15 is 0 Å². The molecule has 0 saturated carbocycles. The van der Waals surface area contributed by atoms with Crippen molar-refractivity contribution in [3.05, 3.63) is 47.3 Å². The largest absolute Gasteiger partial charge is 0.478 e. The zero-order valence-corrected chi connectivity index (χ0v) is 12.2. The summed E-state index contributed by atoms with van der Waals surface area (Å²) in [6.45, 7) is 1.73. The Labute approximate surface area is 119 Å². The van der Waals surface area contributed by atoms with Crippen LogP contribution in [0.25, 0.3) is 0 Å². The van der Waals surface area contributed by atoms with Crippen molar-refractivity contribution in [3.8, 4) is 0 Å². The lowest BCUT2D eigenvalue weighted by Crippen LogP contribution is -2.05. The van der Waals surface area contributed by atoms with Crippen molar-refractivity contribution in [3.63, 3.8) is 0 Å². The molecule has 0 radical (unpaired) electrons. The van der Waals surface area contributed by atoms with E-state index in [4.69, 9.17) is 5.11 Å². The van der Waals surface area contributed by atoms with Crippen molar-refractivity contribution < 1.29 is 14.1 Å². The van der Waals surface area contributed by atoms with Crippen molar-refractivity contribution in [1.82, 2.24) is 9.78 Å². The number of aromatic carboxylic acids is 1. The number of carboxylic acids is 1. The fourth-order valence-electron chi connectivity index (χ4n) is 1.90. The molecule has 20 heavy (non-hydrogen) atoms. The van der Waals surface area contributed by atoms with Crippen LogP contribution in [-0.2, 0) is 24.3 Å².